The summed E-state index contributed by atoms with van der Waals surface area (Å²) in [6.45, 7) is 2.21. The number of piperidine rings is 1. The fourth-order valence-electron chi connectivity index (χ4n) is 2.17. The van der Waals surface area contributed by atoms with Crippen molar-refractivity contribution in [1.29, 1.82) is 0 Å². The first kappa shape index (κ1) is 11.1. The summed E-state index contributed by atoms with van der Waals surface area (Å²) in [5, 5.41) is 13.3. The Balaban J connectivity index is 2.01. The minimum Gasteiger partial charge on any atom is -0.480 e. The summed E-state index contributed by atoms with van der Waals surface area (Å²) in [7, 11) is 0. The lowest BCUT2D eigenvalue weighted by molar-refractivity contribution is -0.144. The molecule has 2 rings (SSSR count). The van der Waals surface area contributed by atoms with E-state index in [4.69, 9.17) is 0 Å². The van der Waals surface area contributed by atoms with E-state index in [1.54, 1.807) is 17.1 Å². The molecule has 2 heterocycles. The lowest BCUT2D eigenvalue weighted by atomic mass is 10.1. The van der Waals surface area contributed by atoms with Crippen LogP contribution in [0.1, 0.15) is 19.3 Å². The van der Waals surface area contributed by atoms with Gasteiger partial charge in [0.05, 0.1) is 6.54 Å². The second-order valence-corrected chi connectivity index (χ2v) is 4.18. The van der Waals surface area contributed by atoms with E-state index in [0.29, 0.717) is 6.54 Å². The van der Waals surface area contributed by atoms with Crippen molar-refractivity contribution in [2.75, 3.05) is 13.1 Å². The first-order valence-electron chi connectivity index (χ1n) is 5.71. The van der Waals surface area contributed by atoms with Crippen LogP contribution in [-0.4, -0.2) is 44.9 Å². The van der Waals surface area contributed by atoms with Gasteiger partial charge in [-0.05, 0) is 32.0 Å². The van der Waals surface area contributed by atoms with E-state index in [9.17, 15) is 9.90 Å². The van der Waals surface area contributed by atoms with E-state index in [0.717, 1.165) is 25.9 Å². The Labute approximate surface area is 94.7 Å². The molecule has 0 spiro atoms. The fourth-order valence-corrected chi connectivity index (χ4v) is 2.17. The third kappa shape index (κ3) is 2.61. The van der Waals surface area contributed by atoms with Gasteiger partial charge in [-0.25, -0.2) is 0 Å². The summed E-state index contributed by atoms with van der Waals surface area (Å²) >= 11 is 0. The second kappa shape index (κ2) is 5.12. The Bertz CT molecular complexity index is 331. The Morgan fingerprint density at radius 1 is 1.38 bits per heavy atom. The number of likely N-dealkylation sites (tertiary alicyclic amines) is 1. The van der Waals surface area contributed by atoms with E-state index in [1.807, 2.05) is 11.0 Å². The summed E-state index contributed by atoms with van der Waals surface area (Å²) in [4.78, 5) is 13.3. The molecule has 5 heteroatoms. The molecule has 0 amide bonds. The molecule has 1 saturated heterocycles. The Morgan fingerprint density at radius 3 is 2.69 bits per heavy atom. The molecule has 0 aromatic carbocycles. The minimum atomic E-state index is -0.752. The zero-order valence-corrected chi connectivity index (χ0v) is 9.25. The number of hydrogen-bond acceptors (Lipinski definition) is 3. The number of aromatic nitrogens is 2. The molecule has 1 aliphatic rings. The average molecular weight is 223 g/mol. The molecule has 0 aliphatic carbocycles. The molecule has 0 saturated carbocycles. The van der Waals surface area contributed by atoms with Crippen LogP contribution >= 0.6 is 0 Å². The zero-order chi connectivity index (χ0) is 11.4. The molecule has 1 aliphatic heterocycles. The number of nitrogens with zero attached hydrogens (tertiary/aromatic N) is 3. The summed E-state index contributed by atoms with van der Waals surface area (Å²) in [5.41, 5.74) is 0. The summed E-state index contributed by atoms with van der Waals surface area (Å²) in [6, 6.07) is 1.37. The number of carboxylic acid groups (broad SMARTS) is 1. The Kier molecular flexibility index (Phi) is 3.56. The molecular formula is C11H17N3O2. The normalized spacial score (nSPS) is 19.5. The van der Waals surface area contributed by atoms with Gasteiger partial charge in [0.25, 0.3) is 0 Å². The summed E-state index contributed by atoms with van der Waals surface area (Å²) in [6.07, 6.45) is 6.89. The molecule has 88 valence electrons. The lowest BCUT2D eigenvalue weighted by Crippen LogP contribution is -2.46. The van der Waals surface area contributed by atoms with Crippen molar-refractivity contribution < 1.29 is 9.90 Å². The quantitative estimate of drug-likeness (QED) is 0.821. The first-order valence-corrected chi connectivity index (χ1v) is 5.71. The first-order chi connectivity index (χ1) is 7.77. The lowest BCUT2D eigenvalue weighted by Gasteiger charge is -2.31. The van der Waals surface area contributed by atoms with Crippen LogP contribution in [0.4, 0.5) is 0 Å². The molecule has 1 aromatic heterocycles. The molecule has 5 nitrogen and oxygen atoms in total. The highest BCUT2D eigenvalue weighted by Gasteiger charge is 2.27. The van der Waals surface area contributed by atoms with Gasteiger partial charge in [0.15, 0.2) is 0 Å². The van der Waals surface area contributed by atoms with Gasteiger partial charge in [-0.2, -0.15) is 5.10 Å². The van der Waals surface area contributed by atoms with Crippen molar-refractivity contribution >= 4 is 5.97 Å². The van der Waals surface area contributed by atoms with Crippen LogP contribution in [0, 0.1) is 0 Å². The Hall–Kier alpha value is -1.36. The van der Waals surface area contributed by atoms with Crippen LogP contribution in [0.25, 0.3) is 0 Å². The molecule has 1 aromatic rings. The summed E-state index contributed by atoms with van der Waals surface area (Å²) < 4.78 is 1.69. The number of hydrogen-bond donors (Lipinski definition) is 1. The van der Waals surface area contributed by atoms with Crippen molar-refractivity contribution in [3.05, 3.63) is 18.5 Å². The van der Waals surface area contributed by atoms with Gasteiger partial charge in [0.1, 0.15) is 6.04 Å². The SMILES string of the molecule is O=C(O)C(Cn1cccn1)N1CCCCC1. The molecular weight excluding hydrogens is 206 g/mol. The number of rotatable bonds is 4. The number of carbonyl (C=O) groups is 1. The fraction of sp³-hybridized carbons (Fsp3) is 0.636. The highest BCUT2D eigenvalue weighted by atomic mass is 16.4. The van der Waals surface area contributed by atoms with E-state index < -0.39 is 12.0 Å². The summed E-state index contributed by atoms with van der Waals surface area (Å²) in [5.74, 6) is -0.752. The van der Waals surface area contributed by atoms with Crippen LogP contribution in [0.5, 0.6) is 0 Å². The molecule has 16 heavy (non-hydrogen) atoms. The van der Waals surface area contributed by atoms with E-state index in [2.05, 4.69) is 5.10 Å². The standard InChI is InChI=1S/C11H17N3O2/c15-11(16)10(9-14-8-4-5-12-14)13-6-2-1-3-7-13/h4-5,8,10H,1-3,6-7,9H2,(H,15,16). The second-order valence-electron chi connectivity index (χ2n) is 4.18. The smallest absolute Gasteiger partial charge is 0.322 e. The Morgan fingerprint density at radius 2 is 2.12 bits per heavy atom. The number of aliphatic carboxylic acids is 1. The third-order valence-corrected chi connectivity index (χ3v) is 3.04. The van der Waals surface area contributed by atoms with Gasteiger partial charge in [-0.15, -0.1) is 0 Å². The van der Waals surface area contributed by atoms with Crippen molar-refractivity contribution in [3.8, 4) is 0 Å². The average Bonchev–Trinajstić information content (AvgIpc) is 2.79. The maximum atomic E-state index is 11.2. The highest BCUT2D eigenvalue weighted by Crippen LogP contribution is 2.13. The maximum Gasteiger partial charge on any atom is 0.322 e. The monoisotopic (exact) mass is 223 g/mol. The van der Waals surface area contributed by atoms with Crippen LogP contribution in [-0.2, 0) is 11.3 Å². The maximum absolute atomic E-state index is 11.2. The predicted octanol–water partition coefficient (Wildman–Crippen LogP) is 0.822. The van der Waals surface area contributed by atoms with Crippen molar-refractivity contribution in [1.82, 2.24) is 14.7 Å². The molecule has 0 radical (unpaired) electrons. The molecule has 1 atom stereocenters. The predicted molar refractivity (Wildman–Crippen MR) is 59.1 cm³/mol. The van der Waals surface area contributed by atoms with Crippen LogP contribution in [0.15, 0.2) is 18.5 Å². The van der Waals surface area contributed by atoms with E-state index in [1.165, 1.54) is 6.42 Å². The molecule has 1 N–H and O–H groups in total. The van der Waals surface area contributed by atoms with Gasteiger partial charge >= 0.3 is 5.97 Å². The van der Waals surface area contributed by atoms with Gasteiger partial charge in [0.2, 0.25) is 0 Å². The molecule has 0 bridgehead atoms. The van der Waals surface area contributed by atoms with Crippen molar-refractivity contribution in [2.24, 2.45) is 0 Å². The topological polar surface area (TPSA) is 58.4 Å². The zero-order valence-electron chi connectivity index (χ0n) is 9.25. The van der Waals surface area contributed by atoms with E-state index in [-0.39, 0.29) is 0 Å². The van der Waals surface area contributed by atoms with Crippen molar-refractivity contribution in [2.45, 2.75) is 31.8 Å². The van der Waals surface area contributed by atoms with E-state index >= 15 is 0 Å². The van der Waals surface area contributed by atoms with Gasteiger partial charge in [0, 0.05) is 12.4 Å². The largest absolute Gasteiger partial charge is 0.480 e. The van der Waals surface area contributed by atoms with Gasteiger partial charge in [-0.1, -0.05) is 6.42 Å². The van der Waals surface area contributed by atoms with Gasteiger partial charge < -0.3 is 5.11 Å². The number of carboxylic acids is 1. The molecule has 1 fully saturated rings. The molecule has 1 unspecified atom stereocenters. The van der Waals surface area contributed by atoms with Crippen LogP contribution in [0.2, 0.25) is 0 Å². The van der Waals surface area contributed by atoms with Crippen molar-refractivity contribution in [3.63, 3.8) is 0 Å². The highest BCUT2D eigenvalue weighted by molar-refractivity contribution is 5.73. The van der Waals surface area contributed by atoms with Crippen LogP contribution < -0.4 is 0 Å². The van der Waals surface area contributed by atoms with Gasteiger partial charge in [-0.3, -0.25) is 14.4 Å². The minimum absolute atomic E-state index is 0.433. The van der Waals surface area contributed by atoms with Crippen LogP contribution in [0.3, 0.4) is 0 Å². The third-order valence-electron chi connectivity index (χ3n) is 3.04.